The maximum absolute atomic E-state index is 6.37. The molecule has 2 unspecified atom stereocenters. The largest absolute Gasteiger partial charge is 0.490 e. The molecule has 20 heavy (non-hydrogen) atoms. The van der Waals surface area contributed by atoms with Gasteiger partial charge < -0.3 is 10.1 Å². The van der Waals surface area contributed by atoms with Crippen LogP contribution in [0.5, 0.6) is 5.75 Å². The number of ether oxygens (including phenoxy) is 1. The normalized spacial score (nSPS) is 28.1. The van der Waals surface area contributed by atoms with Gasteiger partial charge >= 0.3 is 0 Å². The molecule has 0 saturated heterocycles. The standard InChI is InChI=1S/C18H27NO/c1-13-7-8-15(11-14(13)2)20-17-12-16(19-3)18(17)9-5-4-6-10-18/h7-8,11,16-17,19H,4-6,9-10,12H2,1-3H3. The van der Waals surface area contributed by atoms with Crippen LogP contribution in [0, 0.1) is 19.3 Å². The van der Waals surface area contributed by atoms with E-state index in [4.69, 9.17) is 4.74 Å². The van der Waals surface area contributed by atoms with Crippen molar-refractivity contribution in [2.45, 2.75) is 64.5 Å². The Hall–Kier alpha value is -1.02. The summed E-state index contributed by atoms with van der Waals surface area (Å²) < 4.78 is 6.37. The molecule has 110 valence electrons. The van der Waals surface area contributed by atoms with Gasteiger partial charge in [-0.25, -0.2) is 0 Å². The second kappa shape index (κ2) is 5.40. The zero-order valence-corrected chi connectivity index (χ0v) is 13.0. The van der Waals surface area contributed by atoms with E-state index in [-0.39, 0.29) is 0 Å². The van der Waals surface area contributed by atoms with Gasteiger partial charge in [0.05, 0.1) is 0 Å². The van der Waals surface area contributed by atoms with Gasteiger partial charge in [0, 0.05) is 17.9 Å². The summed E-state index contributed by atoms with van der Waals surface area (Å²) in [5, 5.41) is 3.52. The number of benzene rings is 1. The minimum absolute atomic E-state index is 0.395. The molecule has 2 atom stereocenters. The van der Waals surface area contributed by atoms with Crippen LogP contribution >= 0.6 is 0 Å². The Morgan fingerprint density at radius 2 is 1.85 bits per heavy atom. The minimum Gasteiger partial charge on any atom is -0.490 e. The van der Waals surface area contributed by atoms with Gasteiger partial charge in [-0.2, -0.15) is 0 Å². The van der Waals surface area contributed by atoms with Crippen LogP contribution in [0.25, 0.3) is 0 Å². The SMILES string of the molecule is CNC1CC(Oc2ccc(C)c(C)c2)C12CCCCC2. The summed E-state index contributed by atoms with van der Waals surface area (Å²) in [4.78, 5) is 0. The summed E-state index contributed by atoms with van der Waals surface area (Å²) in [6.45, 7) is 4.32. The van der Waals surface area contributed by atoms with Gasteiger partial charge in [-0.15, -0.1) is 0 Å². The lowest BCUT2D eigenvalue weighted by atomic mass is 9.55. The summed E-state index contributed by atoms with van der Waals surface area (Å²) >= 11 is 0. The molecule has 2 nitrogen and oxygen atoms in total. The quantitative estimate of drug-likeness (QED) is 0.899. The number of aryl methyl sites for hydroxylation is 2. The Bertz CT molecular complexity index is 476. The molecule has 0 bridgehead atoms. The van der Waals surface area contributed by atoms with Crippen LogP contribution in [0.1, 0.15) is 49.7 Å². The lowest BCUT2D eigenvalue weighted by Gasteiger charge is -2.57. The number of hydrogen-bond donors (Lipinski definition) is 1. The van der Waals surface area contributed by atoms with Gasteiger partial charge in [0.15, 0.2) is 0 Å². The van der Waals surface area contributed by atoms with E-state index in [0.717, 1.165) is 12.2 Å². The minimum atomic E-state index is 0.395. The summed E-state index contributed by atoms with van der Waals surface area (Å²) in [6.07, 6.45) is 8.35. The van der Waals surface area contributed by atoms with Crippen LogP contribution in [0.2, 0.25) is 0 Å². The van der Waals surface area contributed by atoms with Crippen molar-refractivity contribution in [1.82, 2.24) is 5.32 Å². The highest BCUT2D eigenvalue weighted by atomic mass is 16.5. The van der Waals surface area contributed by atoms with Crippen molar-refractivity contribution in [3.8, 4) is 5.75 Å². The van der Waals surface area contributed by atoms with Gasteiger partial charge in [0.25, 0.3) is 0 Å². The predicted octanol–water partition coefficient (Wildman–Crippen LogP) is 3.99. The third-order valence-electron chi connectivity index (χ3n) is 5.67. The van der Waals surface area contributed by atoms with Crippen molar-refractivity contribution in [2.24, 2.45) is 5.41 Å². The van der Waals surface area contributed by atoms with Crippen molar-refractivity contribution in [1.29, 1.82) is 0 Å². The molecule has 2 saturated carbocycles. The highest BCUT2D eigenvalue weighted by Gasteiger charge is 2.55. The lowest BCUT2D eigenvalue weighted by molar-refractivity contribution is -0.100. The third kappa shape index (κ3) is 2.24. The van der Waals surface area contributed by atoms with E-state index in [9.17, 15) is 0 Å². The van der Waals surface area contributed by atoms with E-state index < -0.39 is 0 Å². The molecule has 0 aromatic heterocycles. The molecular formula is C18H27NO. The molecule has 2 aliphatic rings. The summed E-state index contributed by atoms with van der Waals surface area (Å²) in [5.74, 6) is 1.05. The van der Waals surface area contributed by atoms with E-state index in [0.29, 0.717) is 17.6 Å². The molecule has 2 aliphatic carbocycles. The third-order valence-corrected chi connectivity index (χ3v) is 5.67. The van der Waals surface area contributed by atoms with Gasteiger partial charge in [-0.3, -0.25) is 0 Å². The predicted molar refractivity (Wildman–Crippen MR) is 83.3 cm³/mol. The molecule has 2 fully saturated rings. The van der Waals surface area contributed by atoms with Crippen LogP contribution in [-0.4, -0.2) is 19.2 Å². The van der Waals surface area contributed by atoms with Crippen molar-refractivity contribution in [3.05, 3.63) is 29.3 Å². The molecule has 0 aliphatic heterocycles. The van der Waals surface area contributed by atoms with Crippen LogP contribution in [0.4, 0.5) is 0 Å². The Morgan fingerprint density at radius 3 is 2.50 bits per heavy atom. The zero-order chi connectivity index (χ0) is 14.2. The van der Waals surface area contributed by atoms with Crippen LogP contribution < -0.4 is 10.1 Å². The van der Waals surface area contributed by atoms with E-state index in [1.807, 2.05) is 0 Å². The van der Waals surface area contributed by atoms with Crippen LogP contribution in [0.3, 0.4) is 0 Å². The average molecular weight is 273 g/mol. The number of nitrogens with one attached hydrogen (secondary N) is 1. The topological polar surface area (TPSA) is 21.3 Å². The highest BCUT2D eigenvalue weighted by Crippen LogP contribution is 2.53. The highest BCUT2D eigenvalue weighted by molar-refractivity contribution is 5.34. The van der Waals surface area contributed by atoms with Crippen molar-refractivity contribution in [2.75, 3.05) is 7.05 Å². The first-order chi connectivity index (χ1) is 9.65. The fraction of sp³-hybridized carbons (Fsp3) is 0.667. The second-order valence-electron chi connectivity index (χ2n) is 6.72. The molecule has 0 amide bonds. The monoisotopic (exact) mass is 273 g/mol. The van der Waals surface area contributed by atoms with E-state index >= 15 is 0 Å². The maximum Gasteiger partial charge on any atom is 0.120 e. The van der Waals surface area contributed by atoms with E-state index in [2.05, 4.69) is 44.4 Å². The van der Waals surface area contributed by atoms with Crippen molar-refractivity contribution < 1.29 is 4.74 Å². The molecular weight excluding hydrogens is 246 g/mol. The first kappa shape index (κ1) is 13.9. The fourth-order valence-corrected chi connectivity index (χ4v) is 4.15. The van der Waals surface area contributed by atoms with Gasteiger partial charge in [-0.1, -0.05) is 25.3 Å². The fourth-order valence-electron chi connectivity index (χ4n) is 4.15. The Morgan fingerprint density at radius 1 is 1.10 bits per heavy atom. The lowest BCUT2D eigenvalue weighted by Crippen LogP contribution is -2.64. The van der Waals surface area contributed by atoms with E-state index in [1.165, 1.54) is 43.2 Å². The average Bonchev–Trinajstić information content (AvgIpc) is 2.47. The second-order valence-corrected chi connectivity index (χ2v) is 6.72. The summed E-state index contributed by atoms with van der Waals surface area (Å²) in [7, 11) is 2.10. The molecule has 1 aromatic rings. The molecule has 0 heterocycles. The maximum atomic E-state index is 6.37. The molecule has 1 aromatic carbocycles. The van der Waals surface area contributed by atoms with Crippen molar-refractivity contribution >= 4 is 0 Å². The first-order valence-corrected chi connectivity index (χ1v) is 8.07. The van der Waals surface area contributed by atoms with Gasteiger partial charge in [-0.05, 0) is 57.0 Å². The Balaban J connectivity index is 1.75. The molecule has 1 spiro atoms. The Kier molecular flexibility index (Phi) is 3.76. The van der Waals surface area contributed by atoms with Crippen LogP contribution in [-0.2, 0) is 0 Å². The summed E-state index contributed by atoms with van der Waals surface area (Å²) in [5.41, 5.74) is 3.06. The molecule has 2 heteroatoms. The van der Waals surface area contributed by atoms with Gasteiger partial charge in [0.2, 0.25) is 0 Å². The first-order valence-electron chi connectivity index (χ1n) is 8.07. The Labute approximate surface area is 122 Å². The zero-order valence-electron chi connectivity index (χ0n) is 13.0. The van der Waals surface area contributed by atoms with E-state index in [1.54, 1.807) is 0 Å². The number of rotatable bonds is 3. The molecule has 1 N–H and O–H groups in total. The number of hydrogen-bond acceptors (Lipinski definition) is 2. The smallest absolute Gasteiger partial charge is 0.120 e. The molecule has 3 rings (SSSR count). The van der Waals surface area contributed by atoms with Crippen LogP contribution in [0.15, 0.2) is 18.2 Å². The molecule has 0 radical (unpaired) electrons. The summed E-state index contributed by atoms with van der Waals surface area (Å²) in [6, 6.07) is 7.15. The van der Waals surface area contributed by atoms with Gasteiger partial charge in [0.1, 0.15) is 11.9 Å². The van der Waals surface area contributed by atoms with Crippen molar-refractivity contribution in [3.63, 3.8) is 0 Å².